The molecule has 0 saturated heterocycles. The van der Waals surface area contributed by atoms with E-state index in [2.05, 4.69) is 5.32 Å². The number of carbonyl (C=O) groups is 3. The van der Waals surface area contributed by atoms with E-state index in [-0.39, 0.29) is 34.1 Å². The number of carbonyl (C=O) groups excluding carboxylic acids is 3. The molecule has 2 aromatic carbocycles. The van der Waals surface area contributed by atoms with E-state index in [0.717, 1.165) is 23.9 Å². The number of rotatable bonds is 6. The van der Waals surface area contributed by atoms with Crippen LogP contribution in [-0.4, -0.2) is 52.8 Å². The van der Waals surface area contributed by atoms with E-state index < -0.39 is 28.7 Å². The van der Waals surface area contributed by atoms with Gasteiger partial charge in [0.25, 0.3) is 0 Å². The van der Waals surface area contributed by atoms with E-state index >= 15 is 0 Å². The van der Waals surface area contributed by atoms with E-state index in [4.69, 9.17) is 0 Å². The van der Waals surface area contributed by atoms with Gasteiger partial charge in [0.2, 0.25) is 16.9 Å². The molecule has 29 heavy (non-hydrogen) atoms. The van der Waals surface area contributed by atoms with E-state index in [9.17, 15) is 28.3 Å². The van der Waals surface area contributed by atoms with E-state index in [1.807, 2.05) is 0 Å². The molecule has 0 bridgehead atoms. The van der Waals surface area contributed by atoms with Crippen LogP contribution in [-0.2, 0) is 9.59 Å². The summed E-state index contributed by atoms with van der Waals surface area (Å²) in [5.74, 6) is -2.70. The molecule has 6 nitrogen and oxygen atoms in total. The minimum absolute atomic E-state index is 0.0516. The number of hydrogen-bond donors (Lipinski definition) is 2. The highest BCUT2D eigenvalue weighted by Crippen LogP contribution is 2.30. The van der Waals surface area contributed by atoms with Crippen LogP contribution in [0.1, 0.15) is 17.3 Å². The van der Waals surface area contributed by atoms with E-state index in [1.54, 1.807) is 0 Å². The Balaban J connectivity index is 2.23. The summed E-state index contributed by atoms with van der Waals surface area (Å²) in [5.41, 5.74) is 0.270. The number of hydrogen-bond acceptors (Lipinski definition) is 5. The van der Waals surface area contributed by atoms with Crippen molar-refractivity contribution in [2.24, 2.45) is 0 Å². The average molecular weight is 422 g/mol. The zero-order chi connectivity index (χ0) is 21.7. The Morgan fingerprint density at radius 3 is 2.41 bits per heavy atom. The molecule has 0 heterocycles. The molecule has 2 aromatic rings. The number of nitrogens with one attached hydrogen (secondary N) is 1. The minimum atomic E-state index is -0.920. The maximum Gasteiger partial charge on any atom is 0.245 e. The van der Waals surface area contributed by atoms with Gasteiger partial charge in [-0.3, -0.25) is 14.4 Å². The van der Waals surface area contributed by atoms with Crippen molar-refractivity contribution in [3.8, 4) is 16.9 Å². The second-order valence-corrected chi connectivity index (χ2v) is 7.43. The van der Waals surface area contributed by atoms with Gasteiger partial charge in [-0.15, -0.1) is 0 Å². The fourth-order valence-corrected chi connectivity index (χ4v) is 3.42. The first-order valence-corrected chi connectivity index (χ1v) is 9.52. The van der Waals surface area contributed by atoms with Gasteiger partial charge in [0.1, 0.15) is 23.4 Å². The molecule has 2 N–H and O–H groups in total. The van der Waals surface area contributed by atoms with Gasteiger partial charge < -0.3 is 15.3 Å². The predicted molar refractivity (Wildman–Crippen MR) is 107 cm³/mol. The molecule has 154 valence electrons. The van der Waals surface area contributed by atoms with Crippen LogP contribution in [0.15, 0.2) is 36.4 Å². The number of aromatic hydroxyl groups is 1. The van der Waals surface area contributed by atoms with Crippen molar-refractivity contribution in [2.75, 3.05) is 19.8 Å². The van der Waals surface area contributed by atoms with E-state index in [0.29, 0.717) is 0 Å². The Bertz CT molecular complexity index is 950. The van der Waals surface area contributed by atoms with Crippen molar-refractivity contribution in [2.45, 2.75) is 13.0 Å². The third kappa shape index (κ3) is 5.77. The predicted octanol–water partition coefficient (Wildman–Crippen LogP) is 2.80. The highest BCUT2D eigenvalue weighted by atomic mass is 32.2. The van der Waals surface area contributed by atoms with Gasteiger partial charge in [-0.05, 0) is 29.8 Å². The molecule has 0 aliphatic heterocycles. The lowest BCUT2D eigenvalue weighted by Gasteiger charge is -2.20. The number of halogens is 2. The fraction of sp³-hybridized carbons (Fsp3) is 0.250. The Morgan fingerprint density at radius 2 is 1.83 bits per heavy atom. The van der Waals surface area contributed by atoms with Gasteiger partial charge in [0, 0.05) is 38.4 Å². The maximum atomic E-state index is 14.0. The second kappa shape index (κ2) is 9.51. The Morgan fingerprint density at radius 1 is 1.14 bits per heavy atom. The van der Waals surface area contributed by atoms with Gasteiger partial charge >= 0.3 is 0 Å². The topological polar surface area (TPSA) is 86.7 Å². The normalized spacial score (nSPS) is 11.6. The first kappa shape index (κ1) is 22.4. The average Bonchev–Trinajstić information content (AvgIpc) is 2.64. The third-order valence-corrected chi connectivity index (χ3v) is 4.94. The number of likely N-dealkylation sites (N-methyl/N-ethyl adjacent to an activating group) is 1. The van der Waals surface area contributed by atoms with Crippen LogP contribution in [0.2, 0.25) is 0 Å². The molecule has 0 radical (unpaired) electrons. The molecule has 0 saturated carbocycles. The zero-order valence-corrected chi connectivity index (χ0v) is 16.8. The summed E-state index contributed by atoms with van der Waals surface area (Å²) in [5, 5.41) is 12.0. The highest BCUT2D eigenvalue weighted by molar-refractivity contribution is 8.14. The quantitative estimate of drug-likeness (QED) is 0.748. The van der Waals surface area contributed by atoms with Crippen molar-refractivity contribution in [3.05, 3.63) is 53.6 Å². The monoisotopic (exact) mass is 422 g/mol. The number of benzene rings is 2. The SMILES string of the molecule is CC(=O)NC(CSC(=O)c1cc(-c2ccc(F)cc2F)ccc1O)C(=O)N(C)C. The maximum absolute atomic E-state index is 14.0. The molecule has 0 fully saturated rings. The van der Waals surface area contributed by atoms with Gasteiger partial charge in [-0.25, -0.2) is 8.78 Å². The molecule has 2 amide bonds. The zero-order valence-electron chi connectivity index (χ0n) is 16.0. The number of phenols is 1. The first-order valence-electron chi connectivity index (χ1n) is 8.54. The smallest absolute Gasteiger partial charge is 0.245 e. The summed E-state index contributed by atoms with van der Waals surface area (Å²) in [6, 6.07) is 6.07. The largest absolute Gasteiger partial charge is 0.507 e. The summed E-state index contributed by atoms with van der Waals surface area (Å²) >= 11 is 0.735. The molecule has 1 atom stereocenters. The van der Waals surface area contributed by atoms with E-state index in [1.165, 1.54) is 50.2 Å². The molecule has 0 aliphatic rings. The standard InChI is InChI=1S/C20H20F2N2O4S/c1-11(25)23-17(19(27)24(2)3)10-29-20(28)15-8-12(4-7-18(15)26)14-6-5-13(21)9-16(14)22/h4-9,17,26H,10H2,1-3H3,(H,23,25). The number of phenolic OH excluding ortho intramolecular Hbond substituents is 1. The van der Waals surface area contributed by atoms with Crippen LogP contribution in [0.3, 0.4) is 0 Å². The number of thioether (sulfide) groups is 1. The van der Waals surface area contributed by atoms with Crippen molar-refractivity contribution >= 4 is 28.7 Å². The first-order chi connectivity index (χ1) is 13.6. The Labute approximate surface area is 170 Å². The van der Waals surface area contributed by atoms with Crippen molar-refractivity contribution in [1.29, 1.82) is 0 Å². The lowest BCUT2D eigenvalue weighted by molar-refractivity contribution is -0.133. The second-order valence-electron chi connectivity index (χ2n) is 6.44. The number of amides is 2. The van der Waals surface area contributed by atoms with Gasteiger partial charge in [-0.1, -0.05) is 17.8 Å². The van der Waals surface area contributed by atoms with Gasteiger partial charge in [0.05, 0.1) is 5.56 Å². The van der Waals surface area contributed by atoms with Crippen molar-refractivity contribution in [1.82, 2.24) is 10.2 Å². The van der Waals surface area contributed by atoms with Crippen LogP contribution in [0.4, 0.5) is 8.78 Å². The van der Waals surface area contributed by atoms with Crippen LogP contribution >= 0.6 is 11.8 Å². The third-order valence-electron chi connectivity index (χ3n) is 3.96. The van der Waals surface area contributed by atoms with Crippen LogP contribution in [0.25, 0.3) is 11.1 Å². The fourth-order valence-electron chi connectivity index (χ4n) is 2.56. The summed E-state index contributed by atoms with van der Waals surface area (Å²) in [7, 11) is 3.05. The van der Waals surface area contributed by atoms with Crippen molar-refractivity contribution < 1.29 is 28.3 Å². The van der Waals surface area contributed by atoms with Gasteiger partial charge in [0.15, 0.2) is 0 Å². The summed E-state index contributed by atoms with van der Waals surface area (Å²) in [6.07, 6.45) is 0. The lowest BCUT2D eigenvalue weighted by atomic mass is 10.0. The minimum Gasteiger partial charge on any atom is -0.507 e. The van der Waals surface area contributed by atoms with Crippen LogP contribution in [0, 0.1) is 11.6 Å². The Hall–Kier alpha value is -2.94. The van der Waals surface area contributed by atoms with Crippen LogP contribution in [0.5, 0.6) is 5.75 Å². The molecular formula is C20H20F2N2O4S. The molecule has 2 rings (SSSR count). The summed E-state index contributed by atoms with van der Waals surface area (Å²) in [4.78, 5) is 37.4. The molecule has 0 aromatic heterocycles. The Kier molecular flexibility index (Phi) is 7.33. The molecule has 0 aliphatic carbocycles. The molecule has 1 unspecified atom stereocenters. The molecule has 0 spiro atoms. The van der Waals surface area contributed by atoms with Crippen molar-refractivity contribution in [3.63, 3.8) is 0 Å². The lowest BCUT2D eigenvalue weighted by Crippen LogP contribution is -2.47. The summed E-state index contributed by atoms with van der Waals surface area (Å²) in [6.45, 7) is 1.26. The number of nitrogens with zero attached hydrogens (tertiary/aromatic N) is 1. The summed E-state index contributed by atoms with van der Waals surface area (Å²) < 4.78 is 27.2. The van der Waals surface area contributed by atoms with Crippen LogP contribution < -0.4 is 5.32 Å². The van der Waals surface area contributed by atoms with Gasteiger partial charge in [-0.2, -0.15) is 0 Å². The highest BCUT2D eigenvalue weighted by Gasteiger charge is 2.24. The molecular weight excluding hydrogens is 402 g/mol. The molecule has 9 heteroatoms.